The third kappa shape index (κ3) is 6.50. The Bertz CT molecular complexity index is 1220. The second-order valence-corrected chi connectivity index (χ2v) is 8.72. The van der Waals surface area contributed by atoms with Gasteiger partial charge in [0, 0.05) is 31.9 Å². The molecule has 184 valence electrons. The number of anilines is 1. The quantitative estimate of drug-likeness (QED) is 0.313. The van der Waals surface area contributed by atoms with Gasteiger partial charge in [-0.05, 0) is 17.7 Å². The highest BCUT2D eigenvalue weighted by Crippen LogP contribution is 2.32. The molecule has 0 radical (unpaired) electrons. The zero-order valence-electron chi connectivity index (χ0n) is 18.7. The number of fused-ring (bicyclic) bond motifs is 1. The first kappa shape index (κ1) is 26.5. The van der Waals surface area contributed by atoms with Gasteiger partial charge in [-0.2, -0.15) is 4.98 Å². The van der Waals surface area contributed by atoms with Crippen molar-refractivity contribution in [3.05, 3.63) is 72.7 Å². The predicted octanol–water partition coefficient (Wildman–Crippen LogP) is 4.23. The Morgan fingerprint density at radius 1 is 1.03 bits per heavy atom. The van der Waals surface area contributed by atoms with Crippen LogP contribution in [0.15, 0.2) is 67.1 Å². The maximum absolute atomic E-state index is 11.4. The Morgan fingerprint density at radius 3 is 2.66 bits per heavy atom. The van der Waals surface area contributed by atoms with E-state index < -0.39 is 0 Å². The van der Waals surface area contributed by atoms with Crippen LogP contribution in [0.5, 0.6) is 11.5 Å². The van der Waals surface area contributed by atoms with Crippen molar-refractivity contribution in [1.29, 1.82) is 0 Å². The molecule has 4 heterocycles. The second-order valence-electron chi connectivity index (χ2n) is 7.71. The number of nitrogens with zero attached hydrogens (tertiary/aromatic N) is 5. The van der Waals surface area contributed by atoms with Gasteiger partial charge in [-0.1, -0.05) is 41.7 Å². The number of hydrogen-bond acceptors (Lipinski definition) is 8. The molecular weight excluding hydrogens is 509 g/mol. The van der Waals surface area contributed by atoms with Crippen LogP contribution in [-0.4, -0.2) is 58.5 Å². The summed E-state index contributed by atoms with van der Waals surface area (Å²) in [6.07, 6.45) is 6.00. The highest BCUT2D eigenvalue weighted by molar-refractivity contribution is 7.22. The standard InChI is InChI=1S/C24H23N5O3S.2ClH/c30-17-28-9-10-29(19(14-28)16-32-20-7-4-8-25-12-20)24-27-23-22(33-24)11-21(13-26-23)31-15-18-5-2-1-3-6-18;;/h1-8,11-13,17,19H,9-10,14-16H2;2*1H. The minimum atomic E-state index is -0.0291. The van der Waals surface area contributed by atoms with Crippen LogP contribution in [0.25, 0.3) is 10.3 Å². The SMILES string of the molecule is Cl.Cl.O=CN1CCN(c2nc3ncc(OCc4ccccc4)cc3s2)C(COc2cccnc2)C1. The Hall–Kier alpha value is -3.14. The molecule has 0 aliphatic carbocycles. The zero-order chi connectivity index (χ0) is 22.5. The molecule has 1 unspecified atom stereocenters. The first-order valence-corrected chi connectivity index (χ1v) is 11.5. The molecule has 5 rings (SSSR count). The van der Waals surface area contributed by atoms with E-state index in [9.17, 15) is 4.79 Å². The van der Waals surface area contributed by atoms with Crippen LogP contribution in [0.3, 0.4) is 0 Å². The summed E-state index contributed by atoms with van der Waals surface area (Å²) in [5, 5.41) is 0.864. The number of thiazole rings is 1. The van der Waals surface area contributed by atoms with Crippen molar-refractivity contribution < 1.29 is 14.3 Å². The van der Waals surface area contributed by atoms with Crippen LogP contribution < -0.4 is 14.4 Å². The summed E-state index contributed by atoms with van der Waals surface area (Å²) >= 11 is 1.57. The van der Waals surface area contributed by atoms with Crippen LogP contribution in [0.1, 0.15) is 5.56 Å². The summed E-state index contributed by atoms with van der Waals surface area (Å²) in [6, 6.07) is 15.7. The van der Waals surface area contributed by atoms with Crippen LogP contribution in [0.2, 0.25) is 0 Å². The van der Waals surface area contributed by atoms with Crippen molar-refractivity contribution in [3.63, 3.8) is 0 Å². The molecule has 1 aromatic carbocycles. The molecule has 1 aliphatic rings. The van der Waals surface area contributed by atoms with Crippen molar-refractivity contribution >= 4 is 58.0 Å². The molecule has 11 heteroatoms. The number of pyridine rings is 2. The maximum Gasteiger partial charge on any atom is 0.209 e. The molecule has 1 fully saturated rings. The van der Waals surface area contributed by atoms with Gasteiger partial charge in [-0.25, -0.2) is 4.98 Å². The van der Waals surface area contributed by atoms with Crippen LogP contribution in [-0.2, 0) is 11.4 Å². The number of rotatable bonds is 8. The fourth-order valence-electron chi connectivity index (χ4n) is 3.73. The summed E-state index contributed by atoms with van der Waals surface area (Å²) in [4.78, 5) is 28.7. The summed E-state index contributed by atoms with van der Waals surface area (Å²) in [5.74, 6) is 1.41. The Labute approximate surface area is 219 Å². The average molecular weight is 534 g/mol. The molecule has 1 atom stereocenters. The Morgan fingerprint density at radius 2 is 1.89 bits per heavy atom. The van der Waals surface area contributed by atoms with Crippen molar-refractivity contribution in [2.24, 2.45) is 0 Å². The Balaban J connectivity index is 0.00000171. The fourth-order valence-corrected chi connectivity index (χ4v) is 4.78. The van der Waals surface area contributed by atoms with E-state index in [2.05, 4.69) is 14.9 Å². The van der Waals surface area contributed by atoms with Gasteiger partial charge >= 0.3 is 0 Å². The van der Waals surface area contributed by atoms with Crippen molar-refractivity contribution in [2.75, 3.05) is 31.1 Å². The summed E-state index contributed by atoms with van der Waals surface area (Å²) in [6.45, 7) is 2.79. The first-order chi connectivity index (χ1) is 16.3. The van der Waals surface area contributed by atoms with Gasteiger partial charge < -0.3 is 19.3 Å². The van der Waals surface area contributed by atoms with E-state index >= 15 is 0 Å². The number of hydrogen-bond donors (Lipinski definition) is 0. The number of halogens is 2. The molecule has 8 nitrogen and oxygen atoms in total. The number of benzene rings is 1. The summed E-state index contributed by atoms with van der Waals surface area (Å²) in [7, 11) is 0. The largest absolute Gasteiger partial charge is 0.490 e. The fraction of sp³-hybridized carbons (Fsp3) is 0.250. The minimum Gasteiger partial charge on any atom is -0.490 e. The highest BCUT2D eigenvalue weighted by Gasteiger charge is 2.29. The lowest BCUT2D eigenvalue weighted by Crippen LogP contribution is -2.55. The van der Waals surface area contributed by atoms with Crippen molar-refractivity contribution in [3.8, 4) is 11.5 Å². The second kappa shape index (κ2) is 12.5. The van der Waals surface area contributed by atoms with E-state index in [4.69, 9.17) is 14.5 Å². The van der Waals surface area contributed by atoms with Crippen LogP contribution in [0.4, 0.5) is 5.13 Å². The third-order valence-electron chi connectivity index (χ3n) is 5.44. The molecule has 0 bridgehead atoms. The summed E-state index contributed by atoms with van der Waals surface area (Å²) in [5.41, 5.74) is 1.79. The van der Waals surface area contributed by atoms with E-state index in [1.165, 1.54) is 0 Å². The molecule has 0 saturated carbocycles. The van der Waals surface area contributed by atoms with Gasteiger partial charge in [0.05, 0.1) is 23.1 Å². The highest BCUT2D eigenvalue weighted by atomic mass is 35.5. The lowest BCUT2D eigenvalue weighted by Gasteiger charge is -2.39. The van der Waals surface area contributed by atoms with Crippen LogP contribution in [0, 0.1) is 0 Å². The van der Waals surface area contributed by atoms with E-state index in [0.717, 1.165) is 21.8 Å². The number of carbonyl (C=O) groups excluding carboxylic acids is 1. The van der Waals surface area contributed by atoms with Gasteiger partial charge in [-0.15, -0.1) is 24.8 Å². The lowest BCUT2D eigenvalue weighted by molar-refractivity contribution is -0.119. The molecule has 4 aromatic rings. The van der Waals surface area contributed by atoms with Gasteiger partial charge in [-0.3, -0.25) is 9.78 Å². The average Bonchev–Trinajstić information content (AvgIpc) is 3.30. The van der Waals surface area contributed by atoms with Crippen molar-refractivity contribution in [1.82, 2.24) is 19.9 Å². The normalized spacial score (nSPS) is 15.1. The van der Waals surface area contributed by atoms with Crippen LogP contribution >= 0.6 is 36.2 Å². The van der Waals surface area contributed by atoms with E-state index in [0.29, 0.717) is 50.0 Å². The molecular formula is C24H25Cl2N5O3S. The molecule has 35 heavy (non-hydrogen) atoms. The molecule has 1 amide bonds. The number of aromatic nitrogens is 3. The number of amides is 1. The predicted molar refractivity (Wildman–Crippen MR) is 141 cm³/mol. The van der Waals surface area contributed by atoms with E-state index in [1.54, 1.807) is 34.8 Å². The topological polar surface area (TPSA) is 80.7 Å². The molecule has 0 N–H and O–H groups in total. The third-order valence-corrected chi connectivity index (χ3v) is 6.47. The smallest absolute Gasteiger partial charge is 0.209 e. The number of carbonyl (C=O) groups is 1. The maximum atomic E-state index is 11.4. The summed E-state index contributed by atoms with van der Waals surface area (Å²) < 4.78 is 12.8. The zero-order valence-corrected chi connectivity index (χ0v) is 21.2. The number of ether oxygens (including phenoxy) is 2. The Kier molecular flexibility index (Phi) is 9.47. The molecule has 1 saturated heterocycles. The van der Waals surface area contributed by atoms with Gasteiger partial charge in [0.25, 0.3) is 0 Å². The lowest BCUT2D eigenvalue weighted by atomic mass is 10.2. The molecule has 0 spiro atoms. The van der Waals surface area contributed by atoms with Crippen molar-refractivity contribution in [2.45, 2.75) is 12.6 Å². The van der Waals surface area contributed by atoms with Gasteiger partial charge in [0.1, 0.15) is 24.7 Å². The van der Waals surface area contributed by atoms with E-state index in [-0.39, 0.29) is 30.9 Å². The molecule has 1 aliphatic heterocycles. The van der Waals surface area contributed by atoms with Gasteiger partial charge in [0.15, 0.2) is 10.8 Å². The monoisotopic (exact) mass is 533 g/mol. The first-order valence-electron chi connectivity index (χ1n) is 10.7. The minimum absolute atomic E-state index is 0. The number of piperazine rings is 1. The van der Waals surface area contributed by atoms with E-state index in [1.807, 2.05) is 48.5 Å². The molecule has 3 aromatic heterocycles. The van der Waals surface area contributed by atoms with Gasteiger partial charge in [0.2, 0.25) is 6.41 Å².